The third-order valence-corrected chi connectivity index (χ3v) is 0. The molecule has 0 aliphatic rings. The smallest absolute Gasteiger partial charge is 0.550 e. The minimum atomic E-state index is -1.08. The third kappa shape index (κ3) is 61500. The molecule has 2 radical (unpaired) electrons. The summed E-state index contributed by atoms with van der Waals surface area (Å²) in [6, 6.07) is 0. The Kier molecular flexibility index (Phi) is 1990. The number of hydrogen-bond acceptors (Lipinski definition) is 8. The van der Waals surface area contributed by atoms with Crippen molar-refractivity contribution in [1.29, 1.82) is 0 Å². The Morgan fingerprint density at radius 2 is 0.244 bits per heavy atom. The molecule has 304 valence electrons. The molecule has 0 heterocycles. The first-order valence-corrected chi connectivity index (χ1v) is 16.6. The van der Waals surface area contributed by atoms with Gasteiger partial charge in [0.05, 0.1) is 0 Å². The molecule has 0 aromatic carbocycles. The van der Waals surface area contributed by atoms with Crippen molar-refractivity contribution >= 4 is 23.9 Å². The Balaban J connectivity index is -0.00000000826. The van der Waals surface area contributed by atoms with E-state index in [0.29, 0.717) is 0 Å². The zero-order valence-electron chi connectivity index (χ0n) is 35.9. The van der Waals surface area contributed by atoms with Crippen molar-refractivity contribution < 1.29 is 73.7 Å². The molecule has 0 fully saturated rings. The fraction of sp³-hybridized carbons (Fsp3) is 0.886. The van der Waals surface area contributed by atoms with E-state index >= 15 is 0 Å². The van der Waals surface area contributed by atoms with Gasteiger partial charge in [0, 0.05) is 23.9 Å². The van der Waals surface area contributed by atoms with Gasteiger partial charge in [0.2, 0.25) is 0 Å². The molecule has 0 rings (SSSR count). The van der Waals surface area contributed by atoms with E-state index in [1.165, 1.54) is 0 Å². The number of rotatable bonds is 0. The summed E-state index contributed by atoms with van der Waals surface area (Å²) in [6.07, 6.45) is 0. The van der Waals surface area contributed by atoms with Gasteiger partial charge in [-0.1, -0.05) is 187 Å². The van der Waals surface area contributed by atoms with Crippen LogP contribution in [-0.4, -0.2) is 23.9 Å². The molecule has 45 heavy (non-hydrogen) atoms. The Bertz CT molecular complexity index is 182. The minimum Gasteiger partial charge on any atom is -0.550 e. The first-order chi connectivity index (χ1) is 19.9. The van der Waals surface area contributed by atoms with Gasteiger partial charge in [-0.15, -0.1) is 0 Å². The maximum atomic E-state index is 8.89. The van der Waals surface area contributed by atoms with E-state index in [-0.39, 0.29) is 41.6 Å². The first kappa shape index (κ1) is 141. The summed E-state index contributed by atoms with van der Waals surface area (Å²) in [5, 5.41) is 35.6. The summed E-state index contributed by atoms with van der Waals surface area (Å²) in [5.74, 6) is -4.33. The van der Waals surface area contributed by atoms with Crippen molar-refractivity contribution in [3.05, 3.63) is 0 Å². The molecule has 0 amide bonds. The average Bonchev–Trinajstić information content (AvgIpc) is 3.05. The molecule has 0 N–H and O–H groups in total. The van der Waals surface area contributed by atoms with Crippen LogP contribution >= 0.6 is 0 Å². The van der Waals surface area contributed by atoms with Crippen molar-refractivity contribution in [3.8, 4) is 0 Å². The largest absolute Gasteiger partial charge is 2.00 e. The minimum absolute atomic E-state index is 0. The second-order valence-electron chi connectivity index (χ2n) is 1.97. The summed E-state index contributed by atoms with van der Waals surface area (Å²) < 4.78 is 0. The molecule has 0 aliphatic carbocycles. The van der Waals surface area contributed by atoms with Crippen LogP contribution in [0.15, 0.2) is 0 Å². The maximum absolute atomic E-state index is 8.89. The van der Waals surface area contributed by atoms with E-state index in [0.717, 1.165) is 27.7 Å². The maximum Gasteiger partial charge on any atom is 2.00 e. The molecule has 0 spiro atoms. The molecule has 0 aliphatic heterocycles. The fourth-order valence-electron chi connectivity index (χ4n) is 0. The van der Waals surface area contributed by atoms with Gasteiger partial charge < -0.3 is 39.6 Å². The van der Waals surface area contributed by atoms with Crippen molar-refractivity contribution in [3.63, 3.8) is 0 Å². The molecule has 0 saturated heterocycles. The average molecular weight is 770 g/mol. The first-order valence-electron chi connectivity index (χ1n) is 16.6. The van der Waals surface area contributed by atoms with E-state index in [2.05, 4.69) is 0 Å². The number of carbonyl (C=O) groups excluding carboxylic acids is 4. The van der Waals surface area contributed by atoms with Crippen LogP contribution in [0, 0.1) is 0 Å². The molecule has 0 aromatic rings. The molecule has 8 nitrogen and oxygen atoms in total. The number of carbonyl (C=O) groups is 4. The number of carboxylic acid groups (broad SMARTS) is 4. The molecule has 0 bridgehead atoms. The van der Waals surface area contributed by atoms with E-state index in [9.17, 15) is 0 Å². The second kappa shape index (κ2) is 633. The van der Waals surface area contributed by atoms with E-state index < -0.39 is 23.9 Å². The van der Waals surface area contributed by atoms with Crippen LogP contribution in [0.3, 0.4) is 0 Å². The number of aliphatic carboxylic acids is 4. The zero-order chi connectivity index (χ0) is 40.3. The van der Waals surface area contributed by atoms with Gasteiger partial charge in [0.1, 0.15) is 0 Å². The van der Waals surface area contributed by atoms with Gasteiger partial charge in [-0.3, -0.25) is 0 Å². The summed E-state index contributed by atoms with van der Waals surface area (Å²) >= 11 is 0. The van der Waals surface area contributed by atoms with Gasteiger partial charge in [-0.2, -0.15) is 0 Å². The van der Waals surface area contributed by atoms with Crippen LogP contribution in [0.2, 0.25) is 0 Å². The normalized spacial score (nSPS) is 3.96. The van der Waals surface area contributed by atoms with Gasteiger partial charge in [0.25, 0.3) is 0 Å². The predicted molar refractivity (Wildman–Crippen MR) is 197 cm³/mol. The van der Waals surface area contributed by atoms with Crippen molar-refractivity contribution in [2.75, 3.05) is 0 Å². The van der Waals surface area contributed by atoms with Crippen molar-refractivity contribution in [2.24, 2.45) is 0 Å². The molecule has 0 saturated carbocycles. The molecule has 0 atom stereocenters. The zero-order valence-corrected chi connectivity index (χ0v) is 37.8. The van der Waals surface area contributed by atoms with E-state index in [1.54, 1.807) is 0 Å². The SMILES string of the molecule is C.CC.CC.CC.CC.CC.CC.CC.CC.CC.CC.CC.CC.CC.CC(=O)[O-].CC(=O)[O-].CC(=O)[O-].CC(=O)[O-].[Cu+2].[Cu+2]. The summed E-state index contributed by atoms with van der Waals surface area (Å²) in [6.45, 7) is 55.9. The van der Waals surface area contributed by atoms with Crippen LogP contribution in [0.4, 0.5) is 0 Å². The Labute approximate surface area is 311 Å². The van der Waals surface area contributed by atoms with Gasteiger partial charge >= 0.3 is 34.1 Å². The monoisotopic (exact) mass is 769 g/mol. The topological polar surface area (TPSA) is 161 Å². The standard InChI is InChI=1S/4C2H4O2.13C2H6.CH4.2Cu/c4*1-2(3)4;13*1-2;;;/h4*1H3,(H,3,4);13*1-2H3;1H4;;/q;;;;;;;;;;;;;;;;;;2*+2/p-4. The van der Waals surface area contributed by atoms with Gasteiger partial charge in [0.15, 0.2) is 0 Å². The summed E-state index contributed by atoms with van der Waals surface area (Å²) in [4.78, 5) is 35.6. The predicted octanol–water partition coefficient (Wildman–Crippen LogP) is 9.00. The quantitative estimate of drug-likeness (QED) is 0.221. The van der Waals surface area contributed by atoms with Crippen molar-refractivity contribution in [1.82, 2.24) is 0 Å². The Morgan fingerprint density at radius 3 is 0.244 bits per heavy atom. The van der Waals surface area contributed by atoms with Crippen LogP contribution in [-0.2, 0) is 53.3 Å². The summed E-state index contributed by atoms with van der Waals surface area (Å²) in [5.41, 5.74) is 0. The third-order valence-electron chi connectivity index (χ3n) is 0. The molecular weight excluding hydrogens is 675 g/mol. The van der Waals surface area contributed by atoms with Crippen LogP contribution in [0.5, 0.6) is 0 Å². The van der Waals surface area contributed by atoms with Crippen LogP contribution in [0.25, 0.3) is 0 Å². The van der Waals surface area contributed by atoms with Gasteiger partial charge in [-0.25, -0.2) is 0 Å². The molecular formula is C35H94Cu2O8. The fourth-order valence-corrected chi connectivity index (χ4v) is 0. The molecule has 0 unspecified atom stereocenters. The van der Waals surface area contributed by atoms with E-state index in [1.807, 2.05) is 180 Å². The number of carboxylic acids is 4. The molecule has 0 aromatic heterocycles. The second-order valence-corrected chi connectivity index (χ2v) is 1.97. The molecule has 10 heteroatoms. The number of hydrogen-bond donors (Lipinski definition) is 0. The van der Waals surface area contributed by atoms with Crippen molar-refractivity contribution in [2.45, 2.75) is 215 Å². The van der Waals surface area contributed by atoms with Crippen LogP contribution < -0.4 is 20.4 Å². The Morgan fingerprint density at radius 1 is 0.244 bits per heavy atom. The van der Waals surface area contributed by atoms with E-state index in [4.69, 9.17) is 39.6 Å². The van der Waals surface area contributed by atoms with Gasteiger partial charge in [-0.05, 0) is 27.7 Å². The van der Waals surface area contributed by atoms with Crippen LogP contribution in [0.1, 0.15) is 215 Å². The summed E-state index contributed by atoms with van der Waals surface area (Å²) in [7, 11) is 0. The Hall–Kier alpha value is -1.08.